The third-order valence-corrected chi connectivity index (χ3v) is 4.12. The average molecular weight is 360 g/mol. The fourth-order valence-electron chi connectivity index (χ4n) is 2.81. The number of amides is 1. The van der Waals surface area contributed by atoms with Gasteiger partial charge in [-0.25, -0.2) is 5.43 Å². The summed E-state index contributed by atoms with van der Waals surface area (Å²) in [5.41, 5.74) is 5.01. The minimum atomic E-state index is -0.464. The van der Waals surface area contributed by atoms with Crippen molar-refractivity contribution in [2.24, 2.45) is 5.10 Å². The molecule has 0 atom stereocenters. The summed E-state index contributed by atoms with van der Waals surface area (Å²) in [4.78, 5) is 12.8. The van der Waals surface area contributed by atoms with Crippen molar-refractivity contribution < 1.29 is 14.6 Å². The quantitative estimate of drug-likeness (QED) is 0.520. The van der Waals surface area contributed by atoms with Crippen LogP contribution in [0, 0.1) is 0 Å². The van der Waals surface area contributed by atoms with Crippen LogP contribution in [0.5, 0.6) is 11.5 Å². The lowest BCUT2D eigenvalue weighted by atomic mass is 9.91. The molecule has 136 valence electrons. The van der Waals surface area contributed by atoms with Gasteiger partial charge >= 0.3 is 0 Å². The monoisotopic (exact) mass is 360 g/mol. The van der Waals surface area contributed by atoms with Crippen LogP contribution in [0.25, 0.3) is 0 Å². The van der Waals surface area contributed by atoms with Crippen LogP contribution in [-0.4, -0.2) is 24.3 Å². The van der Waals surface area contributed by atoms with Crippen LogP contribution in [0.1, 0.15) is 22.6 Å². The van der Waals surface area contributed by atoms with Gasteiger partial charge in [-0.3, -0.25) is 4.79 Å². The molecule has 2 N–H and O–H groups in total. The van der Waals surface area contributed by atoms with E-state index < -0.39 is 5.92 Å². The topological polar surface area (TPSA) is 70.9 Å². The molecular formula is C22H20N2O3. The number of carbonyl (C=O) groups is 1. The number of nitrogens with zero attached hydrogens (tertiary/aromatic N) is 1. The first-order valence-electron chi connectivity index (χ1n) is 8.49. The van der Waals surface area contributed by atoms with E-state index in [0.29, 0.717) is 11.3 Å². The van der Waals surface area contributed by atoms with E-state index in [1.54, 1.807) is 12.1 Å². The molecular weight excluding hydrogens is 340 g/mol. The summed E-state index contributed by atoms with van der Waals surface area (Å²) in [6.45, 7) is 0. The van der Waals surface area contributed by atoms with E-state index in [2.05, 4.69) is 10.5 Å². The van der Waals surface area contributed by atoms with Crippen molar-refractivity contribution in [3.63, 3.8) is 0 Å². The second kappa shape index (κ2) is 8.67. The maximum Gasteiger partial charge on any atom is 0.252 e. The molecule has 0 bridgehead atoms. The van der Waals surface area contributed by atoms with Crippen LogP contribution in [0.15, 0.2) is 84.0 Å². The number of hydrazone groups is 1. The summed E-state index contributed by atoms with van der Waals surface area (Å²) < 4.78 is 5.01. The lowest BCUT2D eigenvalue weighted by Gasteiger charge is -2.16. The van der Waals surface area contributed by atoms with Crippen molar-refractivity contribution in [3.8, 4) is 11.5 Å². The summed E-state index contributed by atoms with van der Waals surface area (Å²) >= 11 is 0. The highest BCUT2D eigenvalue weighted by Gasteiger charge is 2.22. The second-order valence-electron chi connectivity index (χ2n) is 5.92. The van der Waals surface area contributed by atoms with E-state index in [1.165, 1.54) is 19.4 Å². The number of methoxy groups -OCH3 is 1. The number of hydrogen-bond donors (Lipinski definition) is 2. The van der Waals surface area contributed by atoms with Crippen LogP contribution < -0.4 is 10.2 Å². The van der Waals surface area contributed by atoms with Gasteiger partial charge < -0.3 is 9.84 Å². The lowest BCUT2D eigenvalue weighted by molar-refractivity contribution is -0.121. The van der Waals surface area contributed by atoms with E-state index in [9.17, 15) is 9.90 Å². The summed E-state index contributed by atoms with van der Waals surface area (Å²) in [6, 6.07) is 24.0. The summed E-state index contributed by atoms with van der Waals surface area (Å²) in [7, 11) is 1.48. The van der Waals surface area contributed by atoms with Gasteiger partial charge in [-0.15, -0.1) is 0 Å². The van der Waals surface area contributed by atoms with E-state index >= 15 is 0 Å². The van der Waals surface area contributed by atoms with Crippen molar-refractivity contribution in [1.82, 2.24) is 5.43 Å². The van der Waals surface area contributed by atoms with Crippen molar-refractivity contribution in [3.05, 3.63) is 95.6 Å². The molecule has 0 unspecified atom stereocenters. The largest absolute Gasteiger partial charge is 0.504 e. The maximum absolute atomic E-state index is 12.8. The zero-order valence-electron chi connectivity index (χ0n) is 14.9. The number of phenols is 1. The predicted octanol–water partition coefficient (Wildman–Crippen LogP) is 3.68. The smallest absolute Gasteiger partial charge is 0.252 e. The molecule has 3 rings (SSSR count). The van der Waals surface area contributed by atoms with Crippen LogP contribution in [0.4, 0.5) is 0 Å². The highest BCUT2D eigenvalue weighted by atomic mass is 16.5. The molecule has 0 saturated heterocycles. The molecule has 27 heavy (non-hydrogen) atoms. The molecule has 0 spiro atoms. The van der Waals surface area contributed by atoms with Gasteiger partial charge in [0.25, 0.3) is 5.91 Å². The fraction of sp³-hybridized carbons (Fsp3) is 0.0909. The van der Waals surface area contributed by atoms with Gasteiger partial charge in [0, 0.05) is 0 Å². The summed E-state index contributed by atoms with van der Waals surface area (Å²) in [6.07, 6.45) is 1.48. The third kappa shape index (κ3) is 4.52. The van der Waals surface area contributed by atoms with Gasteiger partial charge in [0.2, 0.25) is 0 Å². The Labute approximate surface area is 157 Å². The Kier molecular flexibility index (Phi) is 5.84. The molecule has 0 saturated carbocycles. The average Bonchev–Trinajstić information content (AvgIpc) is 2.70. The molecule has 5 nitrogen and oxygen atoms in total. The first-order valence-corrected chi connectivity index (χ1v) is 8.49. The summed E-state index contributed by atoms with van der Waals surface area (Å²) in [5.74, 6) is -0.307. The third-order valence-electron chi connectivity index (χ3n) is 4.12. The molecule has 0 fully saturated rings. The fourth-order valence-corrected chi connectivity index (χ4v) is 2.81. The van der Waals surface area contributed by atoms with E-state index in [4.69, 9.17) is 4.74 Å². The predicted molar refractivity (Wildman–Crippen MR) is 105 cm³/mol. The minimum Gasteiger partial charge on any atom is -0.504 e. The molecule has 3 aromatic carbocycles. The standard InChI is InChI=1S/C22H20N2O3/c1-27-20-13-12-16(14-19(20)25)15-23-24-22(26)21(17-8-4-2-5-9-17)18-10-6-3-7-11-18/h2-15,21,25H,1H3,(H,24,26). The van der Waals surface area contributed by atoms with Crippen LogP contribution >= 0.6 is 0 Å². The molecule has 0 aromatic heterocycles. The number of hydrogen-bond acceptors (Lipinski definition) is 4. The molecule has 0 aliphatic carbocycles. The Morgan fingerprint density at radius 2 is 1.59 bits per heavy atom. The maximum atomic E-state index is 12.8. The Balaban J connectivity index is 1.78. The van der Waals surface area contributed by atoms with E-state index in [0.717, 1.165) is 11.1 Å². The van der Waals surface area contributed by atoms with Gasteiger partial charge in [-0.05, 0) is 34.9 Å². The summed E-state index contributed by atoms with van der Waals surface area (Å²) in [5, 5.41) is 13.8. The number of carbonyl (C=O) groups excluding carboxylic acids is 1. The number of aromatic hydroxyl groups is 1. The van der Waals surface area contributed by atoms with Crippen molar-refractivity contribution >= 4 is 12.1 Å². The molecule has 5 heteroatoms. The normalized spacial score (nSPS) is 10.9. The Bertz CT molecular complexity index is 885. The highest BCUT2D eigenvalue weighted by Crippen LogP contribution is 2.26. The van der Waals surface area contributed by atoms with Gasteiger partial charge in [0.15, 0.2) is 11.5 Å². The Hall–Kier alpha value is -3.60. The Morgan fingerprint density at radius 3 is 2.11 bits per heavy atom. The van der Waals surface area contributed by atoms with E-state index in [1.807, 2.05) is 60.7 Å². The van der Waals surface area contributed by atoms with Gasteiger partial charge in [-0.1, -0.05) is 60.7 Å². The molecule has 3 aromatic rings. The first-order chi connectivity index (χ1) is 13.2. The number of phenolic OH excluding ortho intramolecular Hbond substituents is 1. The minimum absolute atomic E-state index is 0.0132. The SMILES string of the molecule is COc1ccc(C=NNC(=O)C(c2ccccc2)c2ccccc2)cc1O. The number of nitrogens with one attached hydrogen (secondary N) is 1. The van der Waals surface area contributed by atoms with Gasteiger partial charge in [-0.2, -0.15) is 5.10 Å². The van der Waals surface area contributed by atoms with Crippen LogP contribution in [0.3, 0.4) is 0 Å². The molecule has 0 aliphatic heterocycles. The van der Waals surface area contributed by atoms with Crippen molar-refractivity contribution in [2.75, 3.05) is 7.11 Å². The molecule has 1 amide bonds. The van der Waals surface area contributed by atoms with Crippen molar-refractivity contribution in [2.45, 2.75) is 5.92 Å². The molecule has 0 heterocycles. The molecule has 0 radical (unpaired) electrons. The zero-order valence-corrected chi connectivity index (χ0v) is 14.9. The highest BCUT2D eigenvalue weighted by molar-refractivity contribution is 5.88. The van der Waals surface area contributed by atoms with Crippen LogP contribution in [0.2, 0.25) is 0 Å². The lowest BCUT2D eigenvalue weighted by Crippen LogP contribution is -2.26. The molecule has 0 aliphatic rings. The second-order valence-corrected chi connectivity index (χ2v) is 5.92. The Morgan fingerprint density at radius 1 is 1.00 bits per heavy atom. The number of benzene rings is 3. The zero-order chi connectivity index (χ0) is 19.1. The first kappa shape index (κ1) is 18.2. The number of rotatable bonds is 6. The van der Waals surface area contributed by atoms with Gasteiger partial charge in [0.05, 0.1) is 19.2 Å². The van der Waals surface area contributed by atoms with Crippen molar-refractivity contribution in [1.29, 1.82) is 0 Å². The number of ether oxygens (including phenoxy) is 1. The van der Waals surface area contributed by atoms with Gasteiger partial charge in [0.1, 0.15) is 0 Å². The van der Waals surface area contributed by atoms with Crippen LogP contribution in [-0.2, 0) is 4.79 Å². The van der Waals surface area contributed by atoms with E-state index in [-0.39, 0.29) is 11.7 Å².